The summed E-state index contributed by atoms with van der Waals surface area (Å²) in [5, 5.41) is 22.5. The monoisotopic (exact) mass is 230 g/mol. The maximum Gasteiger partial charge on any atom is 0.409 e. The van der Waals surface area contributed by atoms with Crippen molar-refractivity contribution in [3.63, 3.8) is 0 Å². The molecular weight excluding hydrogens is 216 g/mol. The van der Waals surface area contributed by atoms with E-state index in [1.54, 1.807) is 6.92 Å². The molecular formula is C8H14N4O4. The zero-order valence-corrected chi connectivity index (χ0v) is 8.85. The number of carbonyl (C=O) groups excluding carboxylic acids is 1. The van der Waals surface area contributed by atoms with Crippen LogP contribution in [0.2, 0.25) is 0 Å². The molecule has 16 heavy (non-hydrogen) atoms. The second kappa shape index (κ2) is 5.55. The Kier molecular flexibility index (Phi) is 4.36. The molecule has 0 unspecified atom stereocenters. The Bertz CT molecular complexity index is 292. The molecule has 1 aliphatic heterocycles. The third-order valence-electron chi connectivity index (χ3n) is 2.31. The van der Waals surface area contributed by atoms with Crippen molar-refractivity contribution in [2.75, 3.05) is 19.7 Å². The van der Waals surface area contributed by atoms with E-state index in [1.165, 1.54) is 4.90 Å². The molecule has 1 rings (SSSR count). The minimum absolute atomic E-state index is 0.0143. The topological polar surface area (TPSA) is 119 Å². The number of carbonyl (C=O) groups is 1. The summed E-state index contributed by atoms with van der Waals surface area (Å²) in [5.74, 6) is 0. The molecule has 8 nitrogen and oxygen atoms in total. The van der Waals surface area contributed by atoms with Crippen molar-refractivity contribution >= 4 is 6.09 Å². The van der Waals surface area contributed by atoms with E-state index in [9.17, 15) is 15.0 Å². The van der Waals surface area contributed by atoms with E-state index >= 15 is 0 Å². The van der Waals surface area contributed by atoms with Crippen LogP contribution in [0, 0.1) is 0 Å². The Hall–Kier alpha value is -1.50. The molecule has 8 heteroatoms. The molecule has 0 aliphatic carbocycles. The molecule has 2 N–H and O–H groups in total. The molecule has 0 spiro atoms. The number of azide groups is 1. The molecule has 0 radical (unpaired) electrons. The fraction of sp³-hybridized carbons (Fsp3) is 0.875. The number of amides is 1. The summed E-state index contributed by atoms with van der Waals surface area (Å²) in [6, 6.07) is -0.921. The number of aliphatic hydroxyl groups excluding tert-OH is 2. The second-order valence-electron chi connectivity index (χ2n) is 3.43. The van der Waals surface area contributed by atoms with Crippen molar-refractivity contribution in [1.82, 2.24) is 4.90 Å². The van der Waals surface area contributed by atoms with Crippen molar-refractivity contribution < 1.29 is 19.7 Å². The highest BCUT2D eigenvalue weighted by Gasteiger charge is 2.36. The lowest BCUT2D eigenvalue weighted by Crippen LogP contribution is -2.56. The minimum atomic E-state index is -1.08. The van der Waals surface area contributed by atoms with Crippen molar-refractivity contribution in [1.29, 1.82) is 0 Å². The summed E-state index contributed by atoms with van der Waals surface area (Å²) in [7, 11) is 0. The molecule has 0 saturated carbocycles. The summed E-state index contributed by atoms with van der Waals surface area (Å²) in [6.45, 7) is 1.86. The van der Waals surface area contributed by atoms with Gasteiger partial charge in [0.2, 0.25) is 0 Å². The number of nitrogens with zero attached hydrogens (tertiary/aromatic N) is 4. The van der Waals surface area contributed by atoms with Gasteiger partial charge >= 0.3 is 6.09 Å². The largest absolute Gasteiger partial charge is 0.450 e. The molecule has 1 heterocycles. The van der Waals surface area contributed by atoms with Crippen molar-refractivity contribution in [3.8, 4) is 0 Å². The first-order chi connectivity index (χ1) is 7.60. The molecule has 0 bridgehead atoms. The summed E-state index contributed by atoms with van der Waals surface area (Å²) >= 11 is 0. The number of ether oxygens (including phenoxy) is 1. The highest BCUT2D eigenvalue weighted by Crippen LogP contribution is 2.16. The molecule has 1 aliphatic rings. The molecule has 90 valence electrons. The van der Waals surface area contributed by atoms with E-state index in [2.05, 4.69) is 10.0 Å². The quantitative estimate of drug-likeness (QED) is 0.389. The van der Waals surface area contributed by atoms with Gasteiger partial charge in [0.05, 0.1) is 37.9 Å². The van der Waals surface area contributed by atoms with Crippen LogP contribution in [-0.4, -0.2) is 59.2 Å². The molecule has 0 aromatic carbocycles. The van der Waals surface area contributed by atoms with Crippen LogP contribution in [0.1, 0.15) is 6.92 Å². The van der Waals surface area contributed by atoms with Gasteiger partial charge in [0.25, 0.3) is 0 Å². The fourth-order valence-electron chi connectivity index (χ4n) is 1.58. The van der Waals surface area contributed by atoms with Crippen molar-refractivity contribution in [2.45, 2.75) is 25.2 Å². The van der Waals surface area contributed by atoms with Gasteiger partial charge in [-0.15, -0.1) is 0 Å². The van der Waals surface area contributed by atoms with Gasteiger partial charge in [-0.25, -0.2) is 4.79 Å². The van der Waals surface area contributed by atoms with Gasteiger partial charge in [-0.2, -0.15) is 0 Å². The molecule has 2 atom stereocenters. The summed E-state index contributed by atoms with van der Waals surface area (Å²) < 4.78 is 4.73. The zero-order valence-electron chi connectivity index (χ0n) is 8.85. The number of aliphatic hydroxyl groups is 2. The first-order valence-corrected chi connectivity index (χ1v) is 4.92. The van der Waals surface area contributed by atoms with E-state index in [0.717, 1.165) is 0 Å². The third-order valence-corrected chi connectivity index (χ3v) is 2.31. The predicted octanol–water partition coefficient (Wildman–Crippen LogP) is -0.141. The molecule has 1 amide bonds. The van der Waals surface area contributed by atoms with Crippen molar-refractivity contribution in [2.24, 2.45) is 5.11 Å². The van der Waals surface area contributed by atoms with E-state index in [0.29, 0.717) is 0 Å². The van der Waals surface area contributed by atoms with Gasteiger partial charge in [0, 0.05) is 4.91 Å². The van der Waals surface area contributed by atoms with E-state index < -0.39 is 24.3 Å². The number of hydrogen-bond acceptors (Lipinski definition) is 5. The number of β-amino-alcohol motifs (C(OH)–C–C–N with tert-alkyl or cyclic N) is 2. The summed E-state index contributed by atoms with van der Waals surface area (Å²) in [4.78, 5) is 15.1. The number of piperidine rings is 1. The van der Waals surface area contributed by atoms with Crippen LogP contribution >= 0.6 is 0 Å². The number of hydrogen-bond donors (Lipinski definition) is 2. The first kappa shape index (κ1) is 12.6. The first-order valence-electron chi connectivity index (χ1n) is 4.92. The molecule has 0 aromatic heterocycles. The van der Waals surface area contributed by atoms with Crippen molar-refractivity contribution in [3.05, 3.63) is 10.4 Å². The normalized spacial score (nSPS) is 26.1. The Morgan fingerprint density at radius 2 is 2.12 bits per heavy atom. The van der Waals surface area contributed by atoms with Gasteiger partial charge in [0.15, 0.2) is 0 Å². The van der Waals surface area contributed by atoms with E-state index in [4.69, 9.17) is 10.3 Å². The summed E-state index contributed by atoms with van der Waals surface area (Å²) in [6.07, 6.45) is -2.76. The van der Waals surface area contributed by atoms with E-state index in [-0.39, 0.29) is 19.7 Å². The average molecular weight is 230 g/mol. The molecule has 1 saturated heterocycles. The molecule has 1 fully saturated rings. The Labute approximate surface area is 92.0 Å². The van der Waals surface area contributed by atoms with Gasteiger partial charge in [-0.1, -0.05) is 5.11 Å². The van der Waals surface area contributed by atoms with Gasteiger partial charge in [0.1, 0.15) is 0 Å². The SMILES string of the molecule is CCOC(=O)N1C[C@@H](O)C(N=[N+]=[N-])[C@H](O)C1. The second-order valence-corrected chi connectivity index (χ2v) is 3.43. The third kappa shape index (κ3) is 2.75. The van der Waals surface area contributed by atoms with Crippen LogP contribution in [-0.2, 0) is 4.74 Å². The summed E-state index contributed by atoms with van der Waals surface area (Å²) in [5.41, 5.74) is 8.24. The van der Waals surface area contributed by atoms with Crippen LogP contribution in [0.15, 0.2) is 5.11 Å². The zero-order chi connectivity index (χ0) is 12.1. The lowest BCUT2D eigenvalue weighted by atomic mass is 10.0. The number of rotatable bonds is 2. The Morgan fingerprint density at radius 3 is 2.56 bits per heavy atom. The van der Waals surface area contributed by atoms with Gasteiger partial charge in [-0.3, -0.25) is 0 Å². The Balaban J connectivity index is 2.65. The van der Waals surface area contributed by atoms with Crippen LogP contribution in [0.5, 0.6) is 0 Å². The lowest BCUT2D eigenvalue weighted by Gasteiger charge is -2.36. The maximum absolute atomic E-state index is 11.3. The predicted molar refractivity (Wildman–Crippen MR) is 53.5 cm³/mol. The van der Waals surface area contributed by atoms with E-state index in [1.807, 2.05) is 0 Å². The van der Waals surface area contributed by atoms with Crippen LogP contribution in [0.4, 0.5) is 4.79 Å². The number of likely N-dealkylation sites (tertiary alicyclic amines) is 1. The van der Waals surface area contributed by atoms with Crippen LogP contribution in [0.3, 0.4) is 0 Å². The standard InChI is InChI=1S/C8H14N4O4/c1-2-16-8(15)12-3-5(13)7(10-11-9)6(14)4-12/h5-7,13-14H,2-4H2,1H3/t5-,6-/m1/s1. The molecule has 0 aromatic rings. The minimum Gasteiger partial charge on any atom is -0.450 e. The average Bonchev–Trinajstić information content (AvgIpc) is 2.23. The Morgan fingerprint density at radius 1 is 1.56 bits per heavy atom. The maximum atomic E-state index is 11.3. The lowest BCUT2D eigenvalue weighted by molar-refractivity contribution is -0.0245. The fourth-order valence-corrected chi connectivity index (χ4v) is 1.58. The smallest absolute Gasteiger partial charge is 0.409 e. The van der Waals surface area contributed by atoms with Crippen LogP contribution < -0.4 is 0 Å². The van der Waals surface area contributed by atoms with Gasteiger partial charge < -0.3 is 19.8 Å². The van der Waals surface area contributed by atoms with Crippen LogP contribution in [0.25, 0.3) is 10.4 Å². The highest BCUT2D eigenvalue weighted by molar-refractivity contribution is 5.67. The highest BCUT2D eigenvalue weighted by atomic mass is 16.6. The van der Waals surface area contributed by atoms with Gasteiger partial charge in [-0.05, 0) is 12.5 Å².